The summed E-state index contributed by atoms with van der Waals surface area (Å²) in [6, 6.07) is 20.1. The van der Waals surface area contributed by atoms with Crippen LogP contribution in [-0.2, 0) is 14.8 Å². The standard InChI is InChI=1S/C22H21BrN2O4S/c1-16-3-13-21(14-4-16)30(27,28)25(19-9-11-20(29-2)12-10-19)15-22(26)24-18-7-5-17(23)6-8-18/h3-14H,15H2,1-2H3,(H,24,26). The van der Waals surface area contributed by atoms with E-state index in [1.54, 1.807) is 60.7 Å². The molecule has 0 unspecified atom stereocenters. The highest BCUT2D eigenvalue weighted by atomic mass is 79.9. The SMILES string of the molecule is COc1ccc(N(CC(=O)Nc2ccc(Br)cc2)S(=O)(=O)c2ccc(C)cc2)cc1. The van der Waals surface area contributed by atoms with Crippen molar-refractivity contribution in [1.29, 1.82) is 0 Å². The van der Waals surface area contributed by atoms with E-state index >= 15 is 0 Å². The van der Waals surface area contributed by atoms with Gasteiger partial charge in [-0.3, -0.25) is 9.10 Å². The maximum atomic E-state index is 13.3. The molecule has 3 aromatic carbocycles. The molecular weight excluding hydrogens is 468 g/mol. The number of amides is 1. The minimum absolute atomic E-state index is 0.111. The van der Waals surface area contributed by atoms with E-state index in [9.17, 15) is 13.2 Å². The van der Waals surface area contributed by atoms with Crippen LogP contribution in [0.3, 0.4) is 0 Å². The summed E-state index contributed by atoms with van der Waals surface area (Å²) < 4.78 is 33.8. The van der Waals surface area contributed by atoms with Gasteiger partial charge in [0.15, 0.2) is 0 Å². The highest BCUT2D eigenvalue weighted by molar-refractivity contribution is 9.10. The molecule has 30 heavy (non-hydrogen) atoms. The van der Waals surface area contributed by atoms with Crippen molar-refractivity contribution in [3.05, 3.63) is 82.8 Å². The molecule has 8 heteroatoms. The number of sulfonamides is 1. The van der Waals surface area contributed by atoms with Crippen molar-refractivity contribution < 1.29 is 17.9 Å². The fourth-order valence-electron chi connectivity index (χ4n) is 2.77. The summed E-state index contributed by atoms with van der Waals surface area (Å²) >= 11 is 3.34. The first kappa shape index (κ1) is 21.9. The van der Waals surface area contributed by atoms with Crippen LogP contribution in [-0.4, -0.2) is 28.0 Å². The predicted octanol–water partition coefficient (Wildman–Crippen LogP) is 4.60. The molecule has 0 saturated carbocycles. The van der Waals surface area contributed by atoms with Gasteiger partial charge in [-0.15, -0.1) is 0 Å². The van der Waals surface area contributed by atoms with Crippen LogP contribution in [0, 0.1) is 6.92 Å². The molecular formula is C22H21BrN2O4S. The van der Waals surface area contributed by atoms with E-state index in [1.807, 2.05) is 6.92 Å². The number of methoxy groups -OCH3 is 1. The maximum absolute atomic E-state index is 13.3. The number of nitrogens with one attached hydrogen (secondary N) is 1. The summed E-state index contributed by atoms with van der Waals surface area (Å²) in [5.41, 5.74) is 1.88. The number of hydrogen-bond acceptors (Lipinski definition) is 4. The number of aryl methyl sites for hydroxylation is 1. The van der Waals surface area contributed by atoms with Gasteiger partial charge in [0.25, 0.3) is 10.0 Å². The van der Waals surface area contributed by atoms with Gasteiger partial charge in [0.2, 0.25) is 5.91 Å². The third-order valence-electron chi connectivity index (χ3n) is 4.38. The third kappa shape index (κ3) is 5.20. The summed E-state index contributed by atoms with van der Waals surface area (Å²) in [7, 11) is -2.43. The Balaban J connectivity index is 1.93. The lowest BCUT2D eigenvalue weighted by atomic mass is 10.2. The first-order valence-corrected chi connectivity index (χ1v) is 11.3. The molecule has 3 aromatic rings. The number of anilines is 2. The zero-order valence-electron chi connectivity index (χ0n) is 16.5. The monoisotopic (exact) mass is 488 g/mol. The molecule has 0 atom stereocenters. The quantitative estimate of drug-likeness (QED) is 0.527. The summed E-state index contributed by atoms with van der Waals surface area (Å²) in [5, 5.41) is 2.73. The van der Waals surface area contributed by atoms with Crippen LogP contribution < -0.4 is 14.4 Å². The Hall–Kier alpha value is -2.84. The maximum Gasteiger partial charge on any atom is 0.264 e. The van der Waals surface area contributed by atoms with Gasteiger partial charge < -0.3 is 10.1 Å². The average Bonchev–Trinajstić information content (AvgIpc) is 2.74. The number of hydrogen-bond donors (Lipinski definition) is 1. The van der Waals surface area contributed by atoms with Crippen LogP contribution in [0.4, 0.5) is 11.4 Å². The minimum atomic E-state index is -3.96. The molecule has 0 heterocycles. The number of nitrogens with zero attached hydrogens (tertiary/aromatic N) is 1. The average molecular weight is 489 g/mol. The van der Waals surface area contributed by atoms with Gasteiger partial charge >= 0.3 is 0 Å². The largest absolute Gasteiger partial charge is 0.497 e. The van der Waals surface area contributed by atoms with E-state index in [2.05, 4.69) is 21.2 Å². The molecule has 0 aliphatic rings. The molecule has 0 radical (unpaired) electrons. The zero-order chi connectivity index (χ0) is 21.7. The highest BCUT2D eigenvalue weighted by Gasteiger charge is 2.27. The van der Waals surface area contributed by atoms with Crippen molar-refractivity contribution in [1.82, 2.24) is 0 Å². The van der Waals surface area contributed by atoms with Crippen molar-refractivity contribution in [3.8, 4) is 5.75 Å². The topological polar surface area (TPSA) is 75.7 Å². The Morgan fingerprint density at radius 2 is 1.57 bits per heavy atom. The summed E-state index contributed by atoms with van der Waals surface area (Å²) in [5.74, 6) is 0.134. The molecule has 6 nitrogen and oxygen atoms in total. The summed E-state index contributed by atoms with van der Waals surface area (Å²) in [6.07, 6.45) is 0. The molecule has 0 saturated heterocycles. The number of carbonyl (C=O) groups excluding carboxylic acids is 1. The van der Waals surface area contributed by atoms with Gasteiger partial charge in [-0.1, -0.05) is 33.6 Å². The second kappa shape index (κ2) is 9.32. The Kier molecular flexibility index (Phi) is 6.79. The van der Waals surface area contributed by atoms with Crippen LogP contribution in [0.2, 0.25) is 0 Å². The normalized spacial score (nSPS) is 11.0. The van der Waals surface area contributed by atoms with E-state index in [0.29, 0.717) is 17.1 Å². The predicted molar refractivity (Wildman–Crippen MR) is 121 cm³/mol. The fraction of sp³-hybridized carbons (Fsp3) is 0.136. The molecule has 0 aliphatic heterocycles. The van der Waals surface area contributed by atoms with Gasteiger partial charge in [-0.25, -0.2) is 8.42 Å². The molecule has 1 amide bonds. The van der Waals surface area contributed by atoms with Crippen molar-refractivity contribution in [2.75, 3.05) is 23.3 Å². The van der Waals surface area contributed by atoms with Crippen molar-refractivity contribution in [3.63, 3.8) is 0 Å². The molecule has 0 aromatic heterocycles. The Bertz CT molecular complexity index is 1110. The minimum Gasteiger partial charge on any atom is -0.497 e. The smallest absolute Gasteiger partial charge is 0.264 e. The first-order chi connectivity index (χ1) is 14.3. The van der Waals surface area contributed by atoms with E-state index in [0.717, 1.165) is 14.3 Å². The van der Waals surface area contributed by atoms with Crippen LogP contribution in [0.15, 0.2) is 82.2 Å². The molecule has 1 N–H and O–H groups in total. The van der Waals surface area contributed by atoms with Crippen molar-refractivity contribution >= 4 is 43.2 Å². The van der Waals surface area contributed by atoms with Crippen LogP contribution in [0.1, 0.15) is 5.56 Å². The summed E-state index contributed by atoms with van der Waals surface area (Å²) in [4.78, 5) is 12.8. The molecule has 0 fully saturated rings. The molecule has 0 aliphatic carbocycles. The molecule has 0 spiro atoms. The van der Waals surface area contributed by atoms with Gasteiger partial charge in [0.1, 0.15) is 12.3 Å². The Morgan fingerprint density at radius 3 is 2.13 bits per heavy atom. The lowest BCUT2D eigenvalue weighted by Crippen LogP contribution is -2.38. The van der Waals surface area contributed by atoms with E-state index < -0.39 is 15.9 Å². The number of ether oxygens (including phenoxy) is 1. The van der Waals surface area contributed by atoms with E-state index in [-0.39, 0.29) is 11.4 Å². The van der Waals surface area contributed by atoms with E-state index in [4.69, 9.17) is 4.74 Å². The lowest BCUT2D eigenvalue weighted by molar-refractivity contribution is -0.114. The number of halogens is 1. The third-order valence-corrected chi connectivity index (χ3v) is 6.70. The highest BCUT2D eigenvalue weighted by Crippen LogP contribution is 2.26. The van der Waals surface area contributed by atoms with Gasteiger partial charge in [-0.05, 0) is 67.6 Å². The van der Waals surface area contributed by atoms with E-state index in [1.165, 1.54) is 19.2 Å². The summed E-state index contributed by atoms with van der Waals surface area (Å²) in [6.45, 7) is 1.50. The fourth-order valence-corrected chi connectivity index (χ4v) is 4.45. The zero-order valence-corrected chi connectivity index (χ0v) is 18.9. The number of rotatable bonds is 7. The van der Waals surface area contributed by atoms with Gasteiger partial charge in [0.05, 0.1) is 17.7 Å². The van der Waals surface area contributed by atoms with Crippen LogP contribution >= 0.6 is 15.9 Å². The van der Waals surface area contributed by atoms with Gasteiger partial charge in [-0.2, -0.15) is 0 Å². The van der Waals surface area contributed by atoms with Gasteiger partial charge in [0, 0.05) is 10.2 Å². The molecule has 156 valence electrons. The first-order valence-electron chi connectivity index (χ1n) is 9.08. The van der Waals surface area contributed by atoms with Crippen LogP contribution in [0.25, 0.3) is 0 Å². The lowest BCUT2D eigenvalue weighted by Gasteiger charge is -2.24. The second-order valence-electron chi connectivity index (χ2n) is 6.58. The number of carbonyl (C=O) groups is 1. The Labute approximate surface area is 184 Å². The Morgan fingerprint density at radius 1 is 0.967 bits per heavy atom. The second-order valence-corrected chi connectivity index (χ2v) is 9.36. The molecule has 0 bridgehead atoms. The molecule has 3 rings (SSSR count). The number of benzene rings is 3. The van der Waals surface area contributed by atoms with Crippen molar-refractivity contribution in [2.24, 2.45) is 0 Å². The van der Waals surface area contributed by atoms with Crippen LogP contribution in [0.5, 0.6) is 5.75 Å². The van der Waals surface area contributed by atoms with Crippen molar-refractivity contribution in [2.45, 2.75) is 11.8 Å².